The van der Waals surface area contributed by atoms with Crippen molar-refractivity contribution in [1.82, 2.24) is 0 Å². The largest absolute Gasteiger partial charge is 0.465 e. The van der Waals surface area contributed by atoms with Crippen LogP contribution in [-0.4, -0.2) is 36.6 Å². The molecule has 0 saturated carbocycles. The van der Waals surface area contributed by atoms with Crippen LogP contribution in [0.5, 0.6) is 0 Å². The SMILES string of the molecule is COC(=O)c1ccc(N2CCCCC2)c(S(C)=O)c1. The molecule has 1 aliphatic heterocycles. The molecule has 1 aromatic rings. The molecule has 0 aliphatic carbocycles. The van der Waals surface area contributed by atoms with Gasteiger partial charge in [-0.25, -0.2) is 4.79 Å². The van der Waals surface area contributed by atoms with Crippen LogP contribution in [-0.2, 0) is 15.5 Å². The minimum absolute atomic E-state index is 0.392. The van der Waals surface area contributed by atoms with E-state index in [1.165, 1.54) is 13.5 Å². The monoisotopic (exact) mass is 281 g/mol. The third-order valence-electron chi connectivity index (χ3n) is 3.39. The molecule has 1 heterocycles. The molecular weight excluding hydrogens is 262 g/mol. The zero-order valence-corrected chi connectivity index (χ0v) is 12.2. The van der Waals surface area contributed by atoms with Crippen LogP contribution in [0.25, 0.3) is 0 Å². The van der Waals surface area contributed by atoms with E-state index in [4.69, 9.17) is 4.74 Å². The molecule has 0 N–H and O–H groups in total. The van der Waals surface area contributed by atoms with Gasteiger partial charge in [-0.05, 0) is 37.5 Å². The van der Waals surface area contributed by atoms with Crippen molar-refractivity contribution >= 4 is 22.5 Å². The maximum absolute atomic E-state index is 11.9. The van der Waals surface area contributed by atoms with Gasteiger partial charge in [0, 0.05) is 19.3 Å². The second-order valence-corrected chi connectivity index (χ2v) is 6.02. The maximum atomic E-state index is 11.9. The predicted octanol–water partition coefficient (Wildman–Crippen LogP) is 2.20. The van der Waals surface area contributed by atoms with Gasteiger partial charge in [-0.3, -0.25) is 4.21 Å². The number of anilines is 1. The Hall–Kier alpha value is -1.36. The Bertz CT molecular complexity index is 495. The third kappa shape index (κ3) is 3.15. The lowest BCUT2D eigenvalue weighted by Crippen LogP contribution is -2.30. The van der Waals surface area contributed by atoms with Gasteiger partial charge in [0.25, 0.3) is 0 Å². The fourth-order valence-electron chi connectivity index (χ4n) is 2.39. The highest BCUT2D eigenvalue weighted by molar-refractivity contribution is 7.84. The molecule has 1 atom stereocenters. The summed E-state index contributed by atoms with van der Waals surface area (Å²) in [6, 6.07) is 5.31. The van der Waals surface area contributed by atoms with Crippen LogP contribution in [0.3, 0.4) is 0 Å². The van der Waals surface area contributed by atoms with Crippen LogP contribution in [0, 0.1) is 0 Å². The highest BCUT2D eigenvalue weighted by Crippen LogP contribution is 2.27. The molecule has 19 heavy (non-hydrogen) atoms. The van der Waals surface area contributed by atoms with E-state index < -0.39 is 16.8 Å². The first-order chi connectivity index (χ1) is 9.13. The first kappa shape index (κ1) is 14.1. The van der Waals surface area contributed by atoms with E-state index in [2.05, 4.69) is 4.90 Å². The van der Waals surface area contributed by atoms with Crippen molar-refractivity contribution in [2.75, 3.05) is 31.4 Å². The summed E-state index contributed by atoms with van der Waals surface area (Å²) >= 11 is 0. The van der Waals surface area contributed by atoms with Crippen LogP contribution >= 0.6 is 0 Å². The summed E-state index contributed by atoms with van der Waals surface area (Å²) in [4.78, 5) is 14.5. The fraction of sp³-hybridized carbons (Fsp3) is 0.500. The standard InChI is InChI=1S/C14H19NO3S/c1-18-14(16)11-6-7-12(13(10-11)19(2)17)15-8-4-3-5-9-15/h6-7,10H,3-5,8-9H2,1-2H3. The number of hydrogen-bond acceptors (Lipinski definition) is 4. The lowest BCUT2D eigenvalue weighted by atomic mass is 10.1. The minimum Gasteiger partial charge on any atom is -0.465 e. The number of carbonyl (C=O) groups excluding carboxylic acids is 1. The predicted molar refractivity (Wildman–Crippen MR) is 76.2 cm³/mol. The van der Waals surface area contributed by atoms with Gasteiger partial charge < -0.3 is 9.64 Å². The van der Waals surface area contributed by atoms with E-state index in [0.717, 1.165) is 31.6 Å². The Morgan fingerprint density at radius 2 is 1.95 bits per heavy atom. The van der Waals surface area contributed by atoms with Crippen LogP contribution < -0.4 is 4.90 Å². The van der Waals surface area contributed by atoms with Gasteiger partial charge in [-0.15, -0.1) is 0 Å². The molecule has 1 fully saturated rings. The van der Waals surface area contributed by atoms with Gasteiger partial charge in [0.05, 0.1) is 34.1 Å². The van der Waals surface area contributed by atoms with E-state index in [1.54, 1.807) is 18.4 Å². The van der Waals surface area contributed by atoms with E-state index in [1.807, 2.05) is 6.07 Å². The van der Waals surface area contributed by atoms with Gasteiger partial charge in [0.15, 0.2) is 0 Å². The highest BCUT2D eigenvalue weighted by atomic mass is 32.2. The number of carbonyl (C=O) groups is 1. The zero-order valence-electron chi connectivity index (χ0n) is 11.3. The summed E-state index contributed by atoms with van der Waals surface area (Å²) in [5.41, 5.74) is 1.43. The first-order valence-corrected chi connectivity index (χ1v) is 8.00. The summed E-state index contributed by atoms with van der Waals surface area (Å²) in [5.74, 6) is -0.392. The smallest absolute Gasteiger partial charge is 0.337 e. The first-order valence-electron chi connectivity index (χ1n) is 6.44. The minimum atomic E-state index is -1.12. The molecule has 5 heteroatoms. The molecule has 4 nitrogen and oxygen atoms in total. The molecule has 0 spiro atoms. The number of ether oxygens (including phenoxy) is 1. The van der Waals surface area contributed by atoms with Gasteiger partial charge in [-0.1, -0.05) is 0 Å². The summed E-state index contributed by atoms with van der Waals surface area (Å²) in [7, 11) is 0.230. The molecule has 0 radical (unpaired) electrons. The normalized spacial score (nSPS) is 17.1. The van der Waals surface area contributed by atoms with Gasteiger partial charge in [-0.2, -0.15) is 0 Å². The Kier molecular flexibility index (Phi) is 4.58. The van der Waals surface area contributed by atoms with Gasteiger partial charge in [0.2, 0.25) is 0 Å². The summed E-state index contributed by atoms with van der Waals surface area (Å²) in [5, 5.41) is 0. The maximum Gasteiger partial charge on any atom is 0.337 e. The van der Waals surface area contributed by atoms with E-state index in [0.29, 0.717) is 10.5 Å². The highest BCUT2D eigenvalue weighted by Gasteiger charge is 2.18. The quantitative estimate of drug-likeness (QED) is 0.797. The molecule has 0 bridgehead atoms. The number of nitrogens with zero attached hydrogens (tertiary/aromatic N) is 1. The second-order valence-electron chi connectivity index (χ2n) is 4.68. The zero-order chi connectivity index (χ0) is 13.8. The average Bonchev–Trinajstić information content (AvgIpc) is 2.46. The molecule has 1 aromatic carbocycles. The summed E-state index contributed by atoms with van der Waals surface area (Å²) in [6.07, 6.45) is 5.22. The molecular formula is C14H19NO3S. The molecule has 1 saturated heterocycles. The second kappa shape index (κ2) is 6.19. The number of hydrogen-bond donors (Lipinski definition) is 0. The van der Waals surface area contributed by atoms with Crippen molar-refractivity contribution in [3.63, 3.8) is 0 Å². The van der Waals surface area contributed by atoms with Crippen molar-refractivity contribution in [2.24, 2.45) is 0 Å². The number of esters is 1. The molecule has 2 rings (SSSR count). The lowest BCUT2D eigenvalue weighted by Gasteiger charge is -2.30. The van der Waals surface area contributed by atoms with Crippen LogP contribution in [0.1, 0.15) is 29.6 Å². The lowest BCUT2D eigenvalue weighted by molar-refractivity contribution is 0.0600. The number of rotatable bonds is 3. The van der Waals surface area contributed by atoms with Crippen molar-refractivity contribution < 1.29 is 13.7 Å². The van der Waals surface area contributed by atoms with Gasteiger partial charge in [0.1, 0.15) is 0 Å². The number of piperidine rings is 1. The van der Waals surface area contributed by atoms with Crippen molar-refractivity contribution in [2.45, 2.75) is 24.2 Å². The van der Waals surface area contributed by atoms with Crippen LogP contribution in [0.4, 0.5) is 5.69 Å². The number of methoxy groups -OCH3 is 1. The fourth-order valence-corrected chi connectivity index (χ4v) is 3.17. The Morgan fingerprint density at radius 1 is 1.26 bits per heavy atom. The van der Waals surface area contributed by atoms with E-state index in [9.17, 15) is 9.00 Å². The van der Waals surface area contributed by atoms with E-state index >= 15 is 0 Å². The van der Waals surface area contributed by atoms with Crippen molar-refractivity contribution in [3.05, 3.63) is 23.8 Å². The summed E-state index contributed by atoms with van der Waals surface area (Å²) in [6.45, 7) is 1.98. The molecule has 1 aliphatic rings. The van der Waals surface area contributed by atoms with Crippen molar-refractivity contribution in [1.29, 1.82) is 0 Å². The van der Waals surface area contributed by atoms with E-state index in [-0.39, 0.29) is 0 Å². The molecule has 0 amide bonds. The Morgan fingerprint density at radius 3 is 2.53 bits per heavy atom. The Labute approximate surface area is 116 Å². The topological polar surface area (TPSA) is 46.6 Å². The third-order valence-corrected chi connectivity index (χ3v) is 4.33. The molecule has 104 valence electrons. The summed E-state index contributed by atoms with van der Waals surface area (Å²) < 4.78 is 16.6. The van der Waals surface area contributed by atoms with Crippen LogP contribution in [0.2, 0.25) is 0 Å². The van der Waals surface area contributed by atoms with Gasteiger partial charge >= 0.3 is 5.97 Å². The molecule has 0 aromatic heterocycles. The Balaban J connectivity index is 2.37. The molecule has 1 unspecified atom stereocenters. The average molecular weight is 281 g/mol. The van der Waals surface area contributed by atoms with Crippen molar-refractivity contribution in [3.8, 4) is 0 Å². The number of benzene rings is 1. The van der Waals surface area contributed by atoms with Crippen LogP contribution in [0.15, 0.2) is 23.1 Å².